The first kappa shape index (κ1) is 14.9. The maximum Gasteiger partial charge on any atom is 0.401 e. The fraction of sp³-hybridized carbons (Fsp3) is 0.467. The van der Waals surface area contributed by atoms with E-state index in [0.717, 1.165) is 24.0 Å². The van der Waals surface area contributed by atoms with Crippen molar-refractivity contribution in [3.8, 4) is 11.8 Å². The van der Waals surface area contributed by atoms with Crippen LogP contribution in [0.2, 0.25) is 0 Å². The lowest BCUT2D eigenvalue weighted by Gasteiger charge is -2.23. The Labute approximate surface area is 116 Å². The molecule has 5 heteroatoms. The molecule has 0 heterocycles. The van der Waals surface area contributed by atoms with Gasteiger partial charge in [0.25, 0.3) is 0 Å². The molecule has 108 valence electrons. The lowest BCUT2D eigenvalue weighted by molar-refractivity contribution is -0.148. The van der Waals surface area contributed by atoms with Crippen LogP contribution in [0.4, 0.5) is 13.2 Å². The lowest BCUT2D eigenvalue weighted by atomic mass is 10.1. The summed E-state index contributed by atoms with van der Waals surface area (Å²) in [5.41, 5.74) is 6.95. The minimum absolute atomic E-state index is 0.0652. The van der Waals surface area contributed by atoms with Gasteiger partial charge in [-0.05, 0) is 30.5 Å². The van der Waals surface area contributed by atoms with E-state index in [-0.39, 0.29) is 12.6 Å². The second-order valence-electron chi connectivity index (χ2n) is 4.96. The molecule has 1 saturated carbocycles. The number of alkyl halides is 3. The van der Waals surface area contributed by atoms with Gasteiger partial charge < -0.3 is 5.73 Å². The highest BCUT2D eigenvalue weighted by Crippen LogP contribution is 2.31. The van der Waals surface area contributed by atoms with Crippen molar-refractivity contribution in [3.63, 3.8) is 0 Å². The van der Waals surface area contributed by atoms with Gasteiger partial charge in [-0.15, -0.1) is 0 Å². The largest absolute Gasteiger partial charge is 0.401 e. The number of benzene rings is 1. The number of rotatable bonds is 4. The first-order valence-corrected chi connectivity index (χ1v) is 6.56. The SMILES string of the molecule is NCC#Cc1cccc(CN(CC(F)(F)F)C2CC2)c1. The monoisotopic (exact) mass is 282 g/mol. The zero-order valence-corrected chi connectivity index (χ0v) is 11.1. The zero-order valence-electron chi connectivity index (χ0n) is 11.1. The smallest absolute Gasteiger partial charge is 0.320 e. The zero-order chi connectivity index (χ0) is 14.6. The van der Waals surface area contributed by atoms with Gasteiger partial charge in [0.05, 0.1) is 13.1 Å². The first-order valence-electron chi connectivity index (χ1n) is 6.56. The molecule has 2 rings (SSSR count). The Bertz CT molecular complexity index is 510. The molecule has 1 aromatic carbocycles. The number of hydrogen-bond donors (Lipinski definition) is 1. The second kappa shape index (κ2) is 6.29. The third kappa shape index (κ3) is 4.87. The average molecular weight is 282 g/mol. The summed E-state index contributed by atoms with van der Waals surface area (Å²) in [4.78, 5) is 1.50. The van der Waals surface area contributed by atoms with Gasteiger partial charge in [-0.2, -0.15) is 13.2 Å². The molecule has 0 atom stereocenters. The van der Waals surface area contributed by atoms with E-state index >= 15 is 0 Å². The summed E-state index contributed by atoms with van der Waals surface area (Å²) in [5, 5.41) is 0. The van der Waals surface area contributed by atoms with Crippen LogP contribution in [-0.2, 0) is 6.54 Å². The molecule has 2 N–H and O–H groups in total. The summed E-state index contributed by atoms with van der Waals surface area (Å²) < 4.78 is 37.7. The van der Waals surface area contributed by atoms with E-state index in [2.05, 4.69) is 11.8 Å². The summed E-state index contributed by atoms with van der Waals surface area (Å²) in [5.74, 6) is 5.64. The number of hydrogen-bond acceptors (Lipinski definition) is 2. The van der Waals surface area contributed by atoms with Gasteiger partial charge >= 0.3 is 6.18 Å². The Morgan fingerprint density at radius 3 is 2.65 bits per heavy atom. The number of nitrogens with two attached hydrogens (primary N) is 1. The number of nitrogens with zero attached hydrogens (tertiary/aromatic N) is 1. The molecule has 0 amide bonds. The van der Waals surface area contributed by atoms with Crippen molar-refractivity contribution in [2.45, 2.75) is 31.6 Å². The van der Waals surface area contributed by atoms with Gasteiger partial charge in [0.1, 0.15) is 0 Å². The molecule has 1 fully saturated rings. The van der Waals surface area contributed by atoms with Crippen LogP contribution < -0.4 is 5.73 Å². The first-order chi connectivity index (χ1) is 9.48. The minimum Gasteiger partial charge on any atom is -0.320 e. The second-order valence-corrected chi connectivity index (χ2v) is 4.96. The summed E-state index contributed by atoms with van der Waals surface area (Å²) >= 11 is 0. The summed E-state index contributed by atoms with van der Waals surface area (Å²) in [7, 11) is 0. The highest BCUT2D eigenvalue weighted by atomic mass is 19.4. The third-order valence-corrected chi connectivity index (χ3v) is 3.09. The van der Waals surface area contributed by atoms with Crippen LogP contribution in [-0.4, -0.2) is 30.2 Å². The van der Waals surface area contributed by atoms with Gasteiger partial charge in [-0.25, -0.2) is 0 Å². The summed E-state index contributed by atoms with van der Waals surface area (Å²) in [6.45, 7) is -0.273. The molecule has 0 unspecified atom stereocenters. The van der Waals surface area contributed by atoms with E-state index in [0.29, 0.717) is 6.54 Å². The van der Waals surface area contributed by atoms with E-state index < -0.39 is 12.7 Å². The van der Waals surface area contributed by atoms with Crippen LogP contribution in [0.15, 0.2) is 24.3 Å². The predicted molar refractivity (Wildman–Crippen MR) is 71.9 cm³/mol. The van der Waals surface area contributed by atoms with Crippen LogP contribution >= 0.6 is 0 Å². The van der Waals surface area contributed by atoms with Gasteiger partial charge in [-0.3, -0.25) is 4.90 Å². The topological polar surface area (TPSA) is 29.3 Å². The Balaban J connectivity index is 2.06. The highest BCUT2D eigenvalue weighted by Gasteiger charge is 2.37. The minimum atomic E-state index is -4.15. The average Bonchev–Trinajstić information content (AvgIpc) is 3.18. The molecule has 0 radical (unpaired) electrons. The Kier molecular flexibility index (Phi) is 4.69. The van der Waals surface area contributed by atoms with E-state index in [1.807, 2.05) is 24.3 Å². The van der Waals surface area contributed by atoms with Crippen molar-refractivity contribution in [3.05, 3.63) is 35.4 Å². The van der Waals surface area contributed by atoms with E-state index in [1.165, 1.54) is 4.90 Å². The van der Waals surface area contributed by atoms with Crippen molar-refractivity contribution < 1.29 is 13.2 Å². The highest BCUT2D eigenvalue weighted by molar-refractivity contribution is 5.37. The number of halogens is 3. The molecule has 0 aromatic heterocycles. The van der Waals surface area contributed by atoms with Crippen LogP contribution in [0.3, 0.4) is 0 Å². The van der Waals surface area contributed by atoms with Crippen LogP contribution in [0, 0.1) is 11.8 Å². The summed E-state index contributed by atoms with van der Waals surface area (Å²) in [6.07, 6.45) is -2.45. The molecule has 0 spiro atoms. The molecule has 1 aliphatic carbocycles. The fourth-order valence-electron chi connectivity index (χ4n) is 2.12. The van der Waals surface area contributed by atoms with Gasteiger partial charge in [0.15, 0.2) is 0 Å². The normalized spacial score (nSPS) is 15.1. The molecular formula is C15H17F3N2. The summed E-state index contributed by atoms with van der Waals surface area (Å²) in [6, 6.07) is 7.37. The molecule has 0 aliphatic heterocycles. The van der Waals surface area contributed by atoms with Crippen LogP contribution in [0.25, 0.3) is 0 Å². The standard InChI is InChI=1S/C15H17F3N2/c16-15(17,18)11-20(14-6-7-14)10-13-4-1-3-12(9-13)5-2-8-19/h1,3-4,9,14H,6-8,10-11,19H2. The van der Waals surface area contributed by atoms with Gasteiger partial charge in [0, 0.05) is 18.2 Å². The van der Waals surface area contributed by atoms with Crippen molar-refractivity contribution in [2.75, 3.05) is 13.1 Å². The molecule has 1 aliphatic rings. The Hall–Kier alpha value is -1.51. The maximum atomic E-state index is 12.6. The van der Waals surface area contributed by atoms with E-state index in [1.54, 1.807) is 0 Å². The Morgan fingerprint density at radius 1 is 1.30 bits per heavy atom. The van der Waals surface area contributed by atoms with Gasteiger partial charge in [-0.1, -0.05) is 24.0 Å². The van der Waals surface area contributed by atoms with Crippen LogP contribution in [0.5, 0.6) is 0 Å². The molecule has 2 nitrogen and oxygen atoms in total. The molecule has 0 bridgehead atoms. The molecule has 1 aromatic rings. The molecule has 0 saturated heterocycles. The van der Waals surface area contributed by atoms with Crippen LogP contribution in [0.1, 0.15) is 24.0 Å². The van der Waals surface area contributed by atoms with Crippen molar-refractivity contribution in [1.82, 2.24) is 4.90 Å². The van der Waals surface area contributed by atoms with Crippen molar-refractivity contribution in [1.29, 1.82) is 0 Å². The molecule has 20 heavy (non-hydrogen) atoms. The van der Waals surface area contributed by atoms with E-state index in [9.17, 15) is 13.2 Å². The Morgan fingerprint density at radius 2 is 2.05 bits per heavy atom. The van der Waals surface area contributed by atoms with Crippen molar-refractivity contribution in [2.24, 2.45) is 5.73 Å². The van der Waals surface area contributed by atoms with Crippen molar-refractivity contribution >= 4 is 0 Å². The molecular weight excluding hydrogens is 265 g/mol. The lowest BCUT2D eigenvalue weighted by Crippen LogP contribution is -2.35. The predicted octanol–water partition coefficient (Wildman–Crippen LogP) is 2.52. The maximum absolute atomic E-state index is 12.6. The van der Waals surface area contributed by atoms with E-state index in [4.69, 9.17) is 5.73 Å². The quantitative estimate of drug-likeness (QED) is 0.860. The fourth-order valence-corrected chi connectivity index (χ4v) is 2.12. The third-order valence-electron chi connectivity index (χ3n) is 3.09. The van der Waals surface area contributed by atoms with Gasteiger partial charge in [0.2, 0.25) is 0 Å².